The predicted molar refractivity (Wildman–Crippen MR) is 60.6 cm³/mol. The van der Waals surface area contributed by atoms with Gasteiger partial charge in [0.05, 0.1) is 5.75 Å². The van der Waals surface area contributed by atoms with E-state index in [2.05, 4.69) is 0 Å². The quantitative estimate of drug-likeness (QED) is 0.786. The Morgan fingerprint density at radius 2 is 1.88 bits per heavy atom. The second-order valence-electron chi connectivity index (χ2n) is 4.43. The van der Waals surface area contributed by atoms with Crippen molar-refractivity contribution in [3.8, 4) is 0 Å². The number of nitrogens with zero attached hydrogens (tertiary/aromatic N) is 1. The molecule has 0 radical (unpaired) electrons. The lowest BCUT2D eigenvalue weighted by Crippen LogP contribution is -2.36. The summed E-state index contributed by atoms with van der Waals surface area (Å²) in [4.78, 5) is 10.4. The van der Waals surface area contributed by atoms with Gasteiger partial charge in [0.25, 0.3) is 0 Å². The fraction of sp³-hybridized carbons (Fsp3) is 0.900. The minimum absolute atomic E-state index is 0.0940. The molecule has 0 aliphatic heterocycles. The summed E-state index contributed by atoms with van der Waals surface area (Å²) in [5.74, 6) is -0.818. The van der Waals surface area contributed by atoms with E-state index in [1.54, 1.807) is 0 Å². The standard InChI is InChI=1S/C10H19NO4S/c1-11(7-10(12)13)16(14,15)8-9-5-3-2-4-6-9/h9H,2-8H2,1H3,(H,12,13). The van der Waals surface area contributed by atoms with Crippen LogP contribution in [-0.4, -0.2) is 43.1 Å². The molecule has 0 aromatic rings. The van der Waals surface area contributed by atoms with Gasteiger partial charge in [0.2, 0.25) is 10.0 Å². The number of sulfonamides is 1. The molecule has 0 spiro atoms. The van der Waals surface area contributed by atoms with E-state index in [-0.39, 0.29) is 11.7 Å². The molecule has 0 unspecified atom stereocenters. The van der Waals surface area contributed by atoms with Crippen LogP contribution in [0.25, 0.3) is 0 Å². The number of hydrogen-bond donors (Lipinski definition) is 1. The third-order valence-corrected chi connectivity index (χ3v) is 4.98. The Morgan fingerprint density at radius 1 is 1.31 bits per heavy atom. The summed E-state index contributed by atoms with van der Waals surface area (Å²) in [5.41, 5.74) is 0. The third kappa shape index (κ3) is 4.09. The van der Waals surface area contributed by atoms with Gasteiger partial charge in [0, 0.05) is 7.05 Å². The first-order chi connectivity index (χ1) is 7.42. The molecule has 0 saturated heterocycles. The van der Waals surface area contributed by atoms with Gasteiger partial charge in [-0.2, -0.15) is 4.31 Å². The molecule has 1 rings (SSSR count). The van der Waals surface area contributed by atoms with Gasteiger partial charge in [0.1, 0.15) is 6.54 Å². The van der Waals surface area contributed by atoms with Gasteiger partial charge in [-0.3, -0.25) is 4.79 Å². The number of carbonyl (C=O) groups is 1. The number of likely N-dealkylation sites (N-methyl/N-ethyl adjacent to an activating group) is 1. The Morgan fingerprint density at radius 3 is 2.38 bits per heavy atom. The summed E-state index contributed by atoms with van der Waals surface area (Å²) < 4.78 is 24.5. The van der Waals surface area contributed by atoms with Crippen LogP contribution in [0.15, 0.2) is 0 Å². The molecule has 94 valence electrons. The molecule has 16 heavy (non-hydrogen) atoms. The maximum absolute atomic E-state index is 11.8. The number of hydrogen-bond acceptors (Lipinski definition) is 3. The molecule has 1 aliphatic carbocycles. The second-order valence-corrected chi connectivity index (χ2v) is 6.55. The SMILES string of the molecule is CN(CC(=O)O)S(=O)(=O)CC1CCCCC1. The normalized spacial score (nSPS) is 18.9. The van der Waals surface area contributed by atoms with Crippen molar-refractivity contribution in [1.82, 2.24) is 4.31 Å². The molecule has 1 aliphatic rings. The summed E-state index contributed by atoms with van der Waals surface area (Å²) in [5, 5.41) is 8.55. The van der Waals surface area contributed by atoms with Crippen molar-refractivity contribution in [2.45, 2.75) is 32.1 Å². The maximum Gasteiger partial charge on any atom is 0.318 e. The summed E-state index contributed by atoms with van der Waals surface area (Å²) in [6.45, 7) is -0.449. The lowest BCUT2D eigenvalue weighted by atomic mass is 9.91. The summed E-state index contributed by atoms with van der Waals surface area (Å²) in [7, 11) is -2.08. The van der Waals surface area contributed by atoms with Crippen LogP contribution in [0.4, 0.5) is 0 Å². The van der Waals surface area contributed by atoms with Crippen LogP contribution in [0.1, 0.15) is 32.1 Å². The Hall–Kier alpha value is -0.620. The van der Waals surface area contributed by atoms with E-state index in [0.29, 0.717) is 0 Å². The molecule has 6 heteroatoms. The highest BCUT2D eigenvalue weighted by molar-refractivity contribution is 7.89. The minimum Gasteiger partial charge on any atom is -0.480 e. The number of carboxylic acid groups (broad SMARTS) is 1. The number of carboxylic acids is 1. The van der Waals surface area contributed by atoms with E-state index in [1.807, 2.05) is 0 Å². The van der Waals surface area contributed by atoms with Crippen LogP contribution >= 0.6 is 0 Å². The van der Waals surface area contributed by atoms with Crippen LogP contribution in [0.2, 0.25) is 0 Å². The molecule has 1 fully saturated rings. The highest BCUT2D eigenvalue weighted by Gasteiger charge is 2.25. The Kier molecular flexibility index (Phi) is 4.73. The minimum atomic E-state index is -3.40. The first-order valence-corrected chi connectivity index (χ1v) is 7.18. The lowest BCUT2D eigenvalue weighted by molar-refractivity contribution is -0.137. The molecule has 0 heterocycles. The smallest absolute Gasteiger partial charge is 0.318 e. The first-order valence-electron chi connectivity index (χ1n) is 5.57. The average Bonchev–Trinajstić information content (AvgIpc) is 2.17. The van der Waals surface area contributed by atoms with Crippen molar-refractivity contribution in [1.29, 1.82) is 0 Å². The Labute approximate surface area is 96.5 Å². The largest absolute Gasteiger partial charge is 0.480 e. The van der Waals surface area contributed by atoms with E-state index in [0.717, 1.165) is 30.0 Å². The zero-order valence-electron chi connectivity index (χ0n) is 9.55. The zero-order valence-corrected chi connectivity index (χ0v) is 10.4. The van der Waals surface area contributed by atoms with Crippen LogP contribution in [0.5, 0.6) is 0 Å². The molecule has 1 saturated carbocycles. The van der Waals surface area contributed by atoms with Crippen molar-refractivity contribution in [2.75, 3.05) is 19.3 Å². The molecule has 0 bridgehead atoms. The monoisotopic (exact) mass is 249 g/mol. The van der Waals surface area contributed by atoms with Crippen molar-refractivity contribution < 1.29 is 18.3 Å². The molecule has 0 aromatic heterocycles. The number of rotatable bonds is 5. The molecule has 1 N–H and O–H groups in total. The Bertz CT molecular complexity index is 333. The average molecular weight is 249 g/mol. The van der Waals surface area contributed by atoms with Crippen LogP contribution in [-0.2, 0) is 14.8 Å². The summed E-state index contributed by atoms with van der Waals surface area (Å²) in [6.07, 6.45) is 5.24. The van der Waals surface area contributed by atoms with Gasteiger partial charge in [0.15, 0.2) is 0 Å². The highest BCUT2D eigenvalue weighted by Crippen LogP contribution is 2.25. The second kappa shape index (κ2) is 5.63. The first kappa shape index (κ1) is 13.4. The van der Waals surface area contributed by atoms with Crippen molar-refractivity contribution in [3.63, 3.8) is 0 Å². The topological polar surface area (TPSA) is 74.7 Å². The van der Waals surface area contributed by atoms with Crippen LogP contribution < -0.4 is 0 Å². The van der Waals surface area contributed by atoms with E-state index >= 15 is 0 Å². The fourth-order valence-electron chi connectivity index (χ4n) is 2.07. The summed E-state index contributed by atoms with van der Waals surface area (Å²) >= 11 is 0. The fourth-order valence-corrected chi connectivity index (χ4v) is 3.56. The van der Waals surface area contributed by atoms with Crippen molar-refractivity contribution >= 4 is 16.0 Å². The lowest BCUT2D eigenvalue weighted by Gasteiger charge is -2.23. The molecule has 0 atom stereocenters. The summed E-state index contributed by atoms with van der Waals surface area (Å²) in [6, 6.07) is 0. The van der Waals surface area contributed by atoms with Gasteiger partial charge in [-0.15, -0.1) is 0 Å². The maximum atomic E-state index is 11.8. The van der Waals surface area contributed by atoms with Crippen LogP contribution in [0, 0.1) is 5.92 Å². The van der Waals surface area contributed by atoms with Gasteiger partial charge < -0.3 is 5.11 Å². The number of aliphatic carboxylic acids is 1. The van der Waals surface area contributed by atoms with E-state index in [9.17, 15) is 13.2 Å². The third-order valence-electron chi connectivity index (χ3n) is 3.00. The van der Waals surface area contributed by atoms with Crippen molar-refractivity contribution in [3.05, 3.63) is 0 Å². The molecular formula is C10H19NO4S. The van der Waals surface area contributed by atoms with Gasteiger partial charge in [-0.1, -0.05) is 19.3 Å². The van der Waals surface area contributed by atoms with Gasteiger partial charge in [-0.05, 0) is 18.8 Å². The van der Waals surface area contributed by atoms with E-state index < -0.39 is 22.5 Å². The Balaban J connectivity index is 2.52. The van der Waals surface area contributed by atoms with Gasteiger partial charge >= 0.3 is 5.97 Å². The molecule has 0 aromatic carbocycles. The predicted octanol–water partition coefficient (Wildman–Crippen LogP) is 0.913. The van der Waals surface area contributed by atoms with Crippen molar-refractivity contribution in [2.24, 2.45) is 5.92 Å². The van der Waals surface area contributed by atoms with E-state index in [4.69, 9.17) is 5.11 Å². The zero-order chi connectivity index (χ0) is 12.2. The molecule has 5 nitrogen and oxygen atoms in total. The van der Waals surface area contributed by atoms with Crippen LogP contribution in [0.3, 0.4) is 0 Å². The van der Waals surface area contributed by atoms with Gasteiger partial charge in [-0.25, -0.2) is 8.42 Å². The highest BCUT2D eigenvalue weighted by atomic mass is 32.2. The molecule has 0 amide bonds. The molecular weight excluding hydrogens is 230 g/mol. The van der Waals surface area contributed by atoms with E-state index in [1.165, 1.54) is 13.5 Å².